The largest absolute Gasteiger partial charge is 0.393 e. The standard InChI is InChI=1S/C16H26FN3O2/c1-11(7-12(2)21)9-18-16(22)19-10-13-5-6-15(20(3)4)14(17)8-13/h5-6,8,11-12,21H,7,9-10H2,1-4H3,(H2,18,19,22). The van der Waals surface area contributed by atoms with Crippen LogP contribution in [-0.2, 0) is 6.54 Å². The maximum atomic E-state index is 13.8. The fraction of sp³-hybridized carbons (Fsp3) is 0.562. The van der Waals surface area contributed by atoms with Gasteiger partial charge in [-0.05, 0) is 37.0 Å². The van der Waals surface area contributed by atoms with E-state index in [1.54, 1.807) is 38.1 Å². The van der Waals surface area contributed by atoms with E-state index in [0.29, 0.717) is 24.2 Å². The molecule has 0 aliphatic heterocycles. The van der Waals surface area contributed by atoms with Gasteiger partial charge in [0.15, 0.2) is 0 Å². The molecular formula is C16H26FN3O2. The minimum atomic E-state index is -0.377. The van der Waals surface area contributed by atoms with Crippen molar-refractivity contribution < 1.29 is 14.3 Å². The van der Waals surface area contributed by atoms with Gasteiger partial charge >= 0.3 is 6.03 Å². The van der Waals surface area contributed by atoms with Crippen molar-refractivity contribution in [2.24, 2.45) is 5.92 Å². The van der Waals surface area contributed by atoms with Crippen LogP contribution < -0.4 is 15.5 Å². The average Bonchev–Trinajstić information content (AvgIpc) is 2.41. The number of aliphatic hydroxyl groups excluding tert-OH is 1. The van der Waals surface area contributed by atoms with Gasteiger partial charge in [0.25, 0.3) is 0 Å². The van der Waals surface area contributed by atoms with Gasteiger partial charge in [-0.2, -0.15) is 0 Å². The number of hydrogen-bond acceptors (Lipinski definition) is 3. The molecule has 0 aromatic heterocycles. The molecule has 0 heterocycles. The molecule has 0 saturated carbocycles. The molecule has 1 aromatic carbocycles. The van der Waals surface area contributed by atoms with Crippen molar-refractivity contribution in [1.29, 1.82) is 0 Å². The number of hydrogen-bond donors (Lipinski definition) is 3. The van der Waals surface area contributed by atoms with E-state index in [2.05, 4.69) is 10.6 Å². The van der Waals surface area contributed by atoms with E-state index in [0.717, 1.165) is 0 Å². The molecule has 2 atom stereocenters. The fourth-order valence-electron chi connectivity index (χ4n) is 2.20. The van der Waals surface area contributed by atoms with E-state index >= 15 is 0 Å². The van der Waals surface area contributed by atoms with Crippen LogP contribution in [0.2, 0.25) is 0 Å². The lowest BCUT2D eigenvalue weighted by Crippen LogP contribution is -2.37. The van der Waals surface area contributed by atoms with Crippen LogP contribution in [0.4, 0.5) is 14.9 Å². The number of rotatable bonds is 7. The summed E-state index contributed by atoms with van der Waals surface area (Å²) < 4.78 is 13.8. The SMILES string of the molecule is CC(O)CC(C)CNC(=O)NCc1ccc(N(C)C)c(F)c1. The van der Waals surface area contributed by atoms with Crippen LogP contribution in [0.15, 0.2) is 18.2 Å². The lowest BCUT2D eigenvalue weighted by molar-refractivity contribution is 0.163. The van der Waals surface area contributed by atoms with Gasteiger partial charge in [-0.15, -0.1) is 0 Å². The summed E-state index contributed by atoms with van der Waals surface area (Å²) in [6.07, 6.45) is 0.260. The van der Waals surface area contributed by atoms with Gasteiger partial charge in [-0.1, -0.05) is 13.0 Å². The van der Waals surface area contributed by atoms with Gasteiger partial charge in [0.2, 0.25) is 0 Å². The lowest BCUT2D eigenvalue weighted by atomic mass is 10.1. The molecule has 0 bridgehead atoms. The third kappa shape index (κ3) is 6.30. The summed E-state index contributed by atoms with van der Waals surface area (Å²) in [7, 11) is 3.55. The highest BCUT2D eigenvalue weighted by Crippen LogP contribution is 2.18. The quantitative estimate of drug-likeness (QED) is 0.722. The molecule has 0 radical (unpaired) electrons. The number of anilines is 1. The zero-order chi connectivity index (χ0) is 16.7. The van der Waals surface area contributed by atoms with E-state index in [1.165, 1.54) is 6.07 Å². The van der Waals surface area contributed by atoms with Crippen molar-refractivity contribution in [3.8, 4) is 0 Å². The number of urea groups is 1. The van der Waals surface area contributed by atoms with E-state index in [4.69, 9.17) is 0 Å². The Bertz CT molecular complexity index is 492. The molecule has 2 amide bonds. The first kappa shape index (κ1) is 18.2. The molecular weight excluding hydrogens is 285 g/mol. The molecule has 0 saturated heterocycles. The maximum absolute atomic E-state index is 13.8. The smallest absolute Gasteiger partial charge is 0.315 e. The Hall–Kier alpha value is -1.82. The number of benzene rings is 1. The first-order valence-electron chi connectivity index (χ1n) is 7.45. The normalized spacial score (nSPS) is 13.4. The highest BCUT2D eigenvalue weighted by molar-refractivity contribution is 5.73. The van der Waals surface area contributed by atoms with Crippen LogP contribution in [0.1, 0.15) is 25.8 Å². The van der Waals surface area contributed by atoms with Gasteiger partial charge in [0, 0.05) is 27.2 Å². The first-order valence-corrected chi connectivity index (χ1v) is 7.45. The van der Waals surface area contributed by atoms with Crippen molar-refractivity contribution in [2.75, 3.05) is 25.5 Å². The Labute approximate surface area is 131 Å². The van der Waals surface area contributed by atoms with Crippen molar-refractivity contribution >= 4 is 11.7 Å². The van der Waals surface area contributed by atoms with Gasteiger partial charge in [0.1, 0.15) is 5.82 Å². The minimum absolute atomic E-state index is 0.197. The van der Waals surface area contributed by atoms with Crippen molar-refractivity contribution in [3.05, 3.63) is 29.6 Å². The van der Waals surface area contributed by atoms with E-state index < -0.39 is 0 Å². The monoisotopic (exact) mass is 311 g/mol. The number of aliphatic hydroxyl groups is 1. The molecule has 0 spiro atoms. The van der Waals surface area contributed by atoms with Crippen LogP contribution >= 0.6 is 0 Å². The van der Waals surface area contributed by atoms with Crippen LogP contribution in [-0.4, -0.2) is 37.9 Å². The highest BCUT2D eigenvalue weighted by Gasteiger charge is 2.09. The molecule has 0 aliphatic rings. The van der Waals surface area contributed by atoms with E-state index in [-0.39, 0.29) is 30.4 Å². The predicted molar refractivity (Wildman–Crippen MR) is 86.4 cm³/mol. The molecule has 1 rings (SSSR count). The summed E-state index contributed by atoms with van der Waals surface area (Å²) in [4.78, 5) is 13.4. The number of nitrogens with one attached hydrogen (secondary N) is 2. The summed E-state index contributed by atoms with van der Waals surface area (Å²) in [6.45, 7) is 4.44. The fourth-order valence-corrected chi connectivity index (χ4v) is 2.20. The second-order valence-electron chi connectivity index (χ2n) is 5.93. The molecule has 1 aromatic rings. The number of carbonyl (C=O) groups is 1. The Balaban J connectivity index is 2.39. The topological polar surface area (TPSA) is 64.6 Å². The second kappa shape index (κ2) is 8.58. The van der Waals surface area contributed by atoms with Gasteiger partial charge in [-0.3, -0.25) is 0 Å². The summed E-state index contributed by atoms with van der Waals surface area (Å²) in [5.74, 6) is -0.113. The van der Waals surface area contributed by atoms with Gasteiger partial charge in [0.05, 0.1) is 11.8 Å². The first-order chi connectivity index (χ1) is 10.3. The van der Waals surface area contributed by atoms with Gasteiger partial charge in [-0.25, -0.2) is 9.18 Å². The van der Waals surface area contributed by atoms with Crippen LogP contribution in [0, 0.1) is 11.7 Å². The summed E-state index contributed by atoms with van der Waals surface area (Å²) >= 11 is 0. The second-order valence-corrected chi connectivity index (χ2v) is 5.93. The average molecular weight is 311 g/mol. The Kier molecular flexibility index (Phi) is 7.11. The summed E-state index contributed by atoms with van der Waals surface area (Å²) in [5.41, 5.74) is 1.22. The Morgan fingerprint density at radius 1 is 1.32 bits per heavy atom. The molecule has 5 nitrogen and oxygen atoms in total. The van der Waals surface area contributed by atoms with Crippen molar-refractivity contribution in [1.82, 2.24) is 10.6 Å². The third-order valence-corrected chi connectivity index (χ3v) is 3.30. The highest BCUT2D eigenvalue weighted by atomic mass is 19.1. The molecule has 6 heteroatoms. The molecule has 0 fully saturated rings. The Morgan fingerprint density at radius 2 is 2.00 bits per heavy atom. The zero-order valence-corrected chi connectivity index (χ0v) is 13.7. The third-order valence-electron chi connectivity index (χ3n) is 3.30. The van der Waals surface area contributed by atoms with E-state index in [1.807, 2.05) is 6.92 Å². The summed E-state index contributed by atoms with van der Waals surface area (Å²) in [6, 6.07) is 4.60. The minimum Gasteiger partial charge on any atom is -0.393 e. The molecule has 124 valence electrons. The Morgan fingerprint density at radius 3 is 2.55 bits per heavy atom. The molecule has 2 unspecified atom stereocenters. The van der Waals surface area contributed by atoms with Crippen LogP contribution in [0.5, 0.6) is 0 Å². The number of amides is 2. The number of nitrogens with zero attached hydrogens (tertiary/aromatic N) is 1. The molecule has 0 aliphatic carbocycles. The maximum Gasteiger partial charge on any atom is 0.315 e. The van der Waals surface area contributed by atoms with Crippen molar-refractivity contribution in [3.63, 3.8) is 0 Å². The van der Waals surface area contributed by atoms with Crippen LogP contribution in [0.3, 0.4) is 0 Å². The van der Waals surface area contributed by atoms with Crippen LogP contribution in [0.25, 0.3) is 0 Å². The summed E-state index contributed by atoms with van der Waals surface area (Å²) in [5, 5.41) is 14.7. The molecule has 22 heavy (non-hydrogen) atoms. The number of halogens is 1. The lowest BCUT2D eigenvalue weighted by Gasteiger charge is -2.16. The predicted octanol–water partition coefficient (Wildman–Crippen LogP) is 2.10. The van der Waals surface area contributed by atoms with Gasteiger partial charge < -0.3 is 20.6 Å². The number of carbonyl (C=O) groups excluding carboxylic acids is 1. The zero-order valence-electron chi connectivity index (χ0n) is 13.7. The molecule has 3 N–H and O–H groups in total. The van der Waals surface area contributed by atoms with Crippen molar-refractivity contribution in [2.45, 2.75) is 32.9 Å². The van der Waals surface area contributed by atoms with E-state index in [9.17, 15) is 14.3 Å².